The van der Waals surface area contributed by atoms with Crippen molar-refractivity contribution in [3.63, 3.8) is 0 Å². The van der Waals surface area contributed by atoms with Crippen LogP contribution in [0.2, 0.25) is 0 Å². The minimum atomic E-state index is -1.16. The average Bonchev–Trinajstić information content (AvgIpc) is 3.49. The van der Waals surface area contributed by atoms with Crippen molar-refractivity contribution in [3.8, 4) is 16.9 Å². The SMILES string of the molecule is CN(C(=O)C(Cc1ccc(O)cc1)OC(=O)n1ccc(-c2ccccc2)c1)C1COCC1=O. The zero-order valence-corrected chi connectivity index (χ0v) is 18.1. The standard InChI is InChI=1S/C25H24N2O6/c1-26(21-15-32-16-22(21)29)24(30)23(13-17-7-9-20(28)10-8-17)33-25(31)27-12-11-19(14-27)18-5-3-2-4-6-18/h2-12,14,21,23,28H,13,15-16H2,1H3. The second-order valence-electron chi connectivity index (χ2n) is 7.86. The van der Waals surface area contributed by atoms with Gasteiger partial charge in [-0.15, -0.1) is 0 Å². The van der Waals surface area contributed by atoms with Crippen molar-refractivity contribution < 1.29 is 29.0 Å². The van der Waals surface area contributed by atoms with E-state index in [1.807, 2.05) is 30.3 Å². The van der Waals surface area contributed by atoms with Crippen molar-refractivity contribution in [2.24, 2.45) is 0 Å². The van der Waals surface area contributed by atoms with E-state index in [-0.39, 0.29) is 31.2 Å². The Morgan fingerprint density at radius 3 is 2.52 bits per heavy atom. The van der Waals surface area contributed by atoms with Crippen LogP contribution in [0.4, 0.5) is 4.79 Å². The number of benzene rings is 2. The summed E-state index contributed by atoms with van der Waals surface area (Å²) >= 11 is 0. The van der Waals surface area contributed by atoms with E-state index in [4.69, 9.17) is 9.47 Å². The fourth-order valence-corrected chi connectivity index (χ4v) is 3.69. The Kier molecular flexibility index (Phi) is 6.55. The van der Waals surface area contributed by atoms with Crippen LogP contribution in [0.25, 0.3) is 11.1 Å². The van der Waals surface area contributed by atoms with E-state index in [1.54, 1.807) is 30.6 Å². The number of likely N-dealkylation sites (N-methyl/N-ethyl adjacent to an activating group) is 1. The number of hydrogen-bond donors (Lipinski definition) is 1. The zero-order valence-electron chi connectivity index (χ0n) is 18.1. The van der Waals surface area contributed by atoms with Crippen LogP contribution in [-0.4, -0.2) is 64.8 Å². The number of hydrogen-bond acceptors (Lipinski definition) is 6. The summed E-state index contributed by atoms with van der Waals surface area (Å²) in [5, 5.41) is 9.54. The number of carbonyl (C=O) groups excluding carboxylic acids is 3. The molecule has 1 N–H and O–H groups in total. The molecule has 1 aliphatic rings. The van der Waals surface area contributed by atoms with E-state index in [0.29, 0.717) is 5.56 Å². The molecule has 8 nitrogen and oxygen atoms in total. The van der Waals surface area contributed by atoms with E-state index >= 15 is 0 Å². The van der Waals surface area contributed by atoms with Crippen LogP contribution in [0.3, 0.4) is 0 Å². The van der Waals surface area contributed by atoms with E-state index in [9.17, 15) is 19.5 Å². The van der Waals surface area contributed by atoms with Crippen molar-refractivity contribution >= 4 is 17.8 Å². The van der Waals surface area contributed by atoms with Crippen molar-refractivity contribution in [2.45, 2.75) is 18.6 Å². The molecule has 170 valence electrons. The molecule has 2 atom stereocenters. The van der Waals surface area contributed by atoms with E-state index in [0.717, 1.165) is 11.1 Å². The van der Waals surface area contributed by atoms with Gasteiger partial charge in [0.2, 0.25) is 0 Å². The molecule has 1 fully saturated rings. The third kappa shape index (κ3) is 5.12. The Morgan fingerprint density at radius 1 is 1.12 bits per heavy atom. The topological polar surface area (TPSA) is 98.1 Å². The van der Waals surface area contributed by atoms with Gasteiger partial charge < -0.3 is 19.5 Å². The number of ether oxygens (including phenoxy) is 2. The molecular weight excluding hydrogens is 424 g/mol. The van der Waals surface area contributed by atoms with E-state index in [2.05, 4.69) is 0 Å². The van der Waals surface area contributed by atoms with Gasteiger partial charge in [0.15, 0.2) is 11.9 Å². The van der Waals surface area contributed by atoms with Gasteiger partial charge in [-0.05, 0) is 34.9 Å². The first-order valence-corrected chi connectivity index (χ1v) is 10.5. The second-order valence-corrected chi connectivity index (χ2v) is 7.86. The van der Waals surface area contributed by atoms with Crippen LogP contribution in [0.5, 0.6) is 5.75 Å². The molecule has 2 heterocycles. The molecule has 8 heteroatoms. The van der Waals surface area contributed by atoms with Gasteiger partial charge in [-0.2, -0.15) is 0 Å². The number of ketones is 1. The highest BCUT2D eigenvalue weighted by Gasteiger charge is 2.36. The highest BCUT2D eigenvalue weighted by molar-refractivity contribution is 5.93. The van der Waals surface area contributed by atoms with Crippen LogP contribution in [0, 0.1) is 0 Å². The summed E-state index contributed by atoms with van der Waals surface area (Å²) in [6, 6.07) is 16.9. The number of aromatic nitrogens is 1. The zero-order chi connectivity index (χ0) is 23.4. The van der Waals surface area contributed by atoms with Gasteiger partial charge in [0, 0.05) is 25.9 Å². The number of rotatable bonds is 6. The third-order valence-corrected chi connectivity index (χ3v) is 5.59. The molecule has 0 saturated carbocycles. The maximum Gasteiger partial charge on any atom is 0.418 e. The Bertz CT molecular complexity index is 1140. The molecule has 4 rings (SSSR count). The van der Waals surface area contributed by atoms with Crippen molar-refractivity contribution in [1.82, 2.24) is 9.47 Å². The lowest BCUT2D eigenvalue weighted by molar-refractivity contribution is -0.143. The highest BCUT2D eigenvalue weighted by atomic mass is 16.6. The summed E-state index contributed by atoms with van der Waals surface area (Å²) in [5.74, 6) is -0.612. The van der Waals surface area contributed by atoms with Gasteiger partial charge >= 0.3 is 6.09 Å². The average molecular weight is 448 g/mol. The fourth-order valence-electron chi connectivity index (χ4n) is 3.69. The first-order valence-electron chi connectivity index (χ1n) is 10.5. The summed E-state index contributed by atoms with van der Waals surface area (Å²) in [6.45, 7) is 0.0648. The summed E-state index contributed by atoms with van der Waals surface area (Å²) < 4.78 is 12.1. The number of phenolic OH excluding ortho intramolecular Hbond substituents is 1. The van der Waals surface area contributed by atoms with Gasteiger partial charge in [0.05, 0.1) is 6.61 Å². The maximum absolute atomic E-state index is 13.2. The van der Waals surface area contributed by atoms with E-state index in [1.165, 1.54) is 28.6 Å². The lowest BCUT2D eigenvalue weighted by atomic mass is 10.1. The smallest absolute Gasteiger partial charge is 0.418 e. The molecule has 0 radical (unpaired) electrons. The Labute approximate surface area is 191 Å². The van der Waals surface area contributed by atoms with Gasteiger partial charge in [-0.1, -0.05) is 42.5 Å². The van der Waals surface area contributed by atoms with Crippen LogP contribution in [-0.2, 0) is 25.5 Å². The number of phenols is 1. The molecule has 3 aromatic rings. The summed E-state index contributed by atoms with van der Waals surface area (Å²) in [6.07, 6.45) is 1.42. The lowest BCUT2D eigenvalue weighted by Crippen LogP contribution is -2.48. The Hall–Kier alpha value is -3.91. The molecule has 1 saturated heterocycles. The summed E-state index contributed by atoms with van der Waals surface area (Å²) in [5.41, 5.74) is 2.47. The van der Waals surface area contributed by atoms with Crippen molar-refractivity contribution in [3.05, 3.63) is 78.6 Å². The molecule has 2 aromatic carbocycles. The number of Topliss-reactive ketones (excluding diaryl/α,β-unsaturated/α-hetero) is 1. The molecule has 2 unspecified atom stereocenters. The number of nitrogens with zero attached hydrogens (tertiary/aromatic N) is 2. The number of aromatic hydroxyl groups is 1. The summed E-state index contributed by atoms with van der Waals surface area (Å²) in [7, 11) is 1.50. The minimum absolute atomic E-state index is 0.0453. The van der Waals surface area contributed by atoms with Crippen molar-refractivity contribution in [2.75, 3.05) is 20.3 Å². The molecule has 1 aromatic heterocycles. The Balaban J connectivity index is 1.54. The number of amides is 1. The van der Waals surface area contributed by atoms with Gasteiger partial charge in [0.1, 0.15) is 18.4 Å². The lowest BCUT2D eigenvalue weighted by Gasteiger charge is -2.27. The summed E-state index contributed by atoms with van der Waals surface area (Å²) in [4.78, 5) is 39.5. The van der Waals surface area contributed by atoms with Crippen LogP contribution < -0.4 is 0 Å². The predicted molar refractivity (Wildman–Crippen MR) is 120 cm³/mol. The van der Waals surface area contributed by atoms with Crippen LogP contribution >= 0.6 is 0 Å². The van der Waals surface area contributed by atoms with Crippen LogP contribution in [0.15, 0.2) is 73.1 Å². The highest BCUT2D eigenvalue weighted by Crippen LogP contribution is 2.20. The van der Waals surface area contributed by atoms with Gasteiger partial charge in [-0.25, -0.2) is 4.79 Å². The first kappa shape index (κ1) is 22.3. The quantitative estimate of drug-likeness (QED) is 0.623. The first-order chi connectivity index (χ1) is 15.9. The van der Waals surface area contributed by atoms with Gasteiger partial charge in [0.25, 0.3) is 5.91 Å². The van der Waals surface area contributed by atoms with Crippen molar-refractivity contribution in [1.29, 1.82) is 0 Å². The Morgan fingerprint density at radius 2 is 1.85 bits per heavy atom. The van der Waals surface area contributed by atoms with Gasteiger partial charge in [-0.3, -0.25) is 14.2 Å². The molecule has 33 heavy (non-hydrogen) atoms. The van der Waals surface area contributed by atoms with E-state index < -0.39 is 24.1 Å². The molecular formula is C25H24N2O6. The molecule has 1 aliphatic heterocycles. The maximum atomic E-state index is 13.2. The largest absolute Gasteiger partial charge is 0.508 e. The molecule has 0 aliphatic carbocycles. The molecule has 0 spiro atoms. The monoisotopic (exact) mass is 448 g/mol. The normalized spacial score (nSPS) is 16.4. The third-order valence-electron chi connectivity index (χ3n) is 5.59. The fraction of sp³-hybridized carbons (Fsp3) is 0.240. The minimum Gasteiger partial charge on any atom is -0.508 e. The predicted octanol–water partition coefficient (Wildman–Crippen LogP) is 2.88. The second kappa shape index (κ2) is 9.70. The molecule has 1 amide bonds. The number of carbonyl (C=O) groups is 3. The van der Waals surface area contributed by atoms with Crippen LogP contribution in [0.1, 0.15) is 5.56 Å². The molecule has 0 bridgehead atoms.